The van der Waals surface area contributed by atoms with Gasteiger partial charge < -0.3 is 19.9 Å². The molecule has 6 heteroatoms. The lowest BCUT2D eigenvalue weighted by molar-refractivity contribution is -0.137. The fraction of sp³-hybridized carbons (Fsp3) is 0.222. The molecule has 0 saturated heterocycles. The molecular formula is C18H19NO5. The molecular weight excluding hydrogens is 310 g/mol. The maximum Gasteiger partial charge on any atom is 0.305 e. The van der Waals surface area contributed by atoms with Crippen molar-refractivity contribution in [3.8, 4) is 11.5 Å². The lowest BCUT2D eigenvalue weighted by Gasteiger charge is -2.19. The number of carbonyl (C=O) groups excluding carboxylic acids is 1. The van der Waals surface area contributed by atoms with Crippen LogP contribution in [0, 0.1) is 0 Å². The van der Waals surface area contributed by atoms with E-state index in [1.54, 1.807) is 48.5 Å². The molecule has 1 atom stereocenters. The first-order chi connectivity index (χ1) is 11.5. The lowest BCUT2D eigenvalue weighted by Crippen LogP contribution is -2.30. The summed E-state index contributed by atoms with van der Waals surface area (Å²) in [6.07, 6.45) is -0.242. The average Bonchev–Trinajstić information content (AvgIpc) is 2.60. The Morgan fingerprint density at radius 2 is 1.71 bits per heavy atom. The second-order valence-corrected chi connectivity index (χ2v) is 5.10. The molecule has 0 fully saturated rings. The molecule has 126 valence electrons. The van der Waals surface area contributed by atoms with Crippen LogP contribution in [-0.2, 0) is 4.79 Å². The third-order valence-electron chi connectivity index (χ3n) is 3.53. The monoisotopic (exact) mass is 329 g/mol. The third kappa shape index (κ3) is 4.25. The number of nitrogens with one attached hydrogen (secondary N) is 1. The highest BCUT2D eigenvalue weighted by atomic mass is 16.5. The van der Waals surface area contributed by atoms with Crippen molar-refractivity contribution in [3.05, 3.63) is 59.7 Å². The summed E-state index contributed by atoms with van der Waals surface area (Å²) < 4.78 is 10.4. The molecule has 0 radical (unpaired) electrons. The fourth-order valence-electron chi connectivity index (χ4n) is 2.33. The smallest absolute Gasteiger partial charge is 0.305 e. The number of ether oxygens (including phenoxy) is 2. The van der Waals surface area contributed by atoms with Gasteiger partial charge in [-0.25, -0.2) is 0 Å². The van der Waals surface area contributed by atoms with Gasteiger partial charge in [-0.2, -0.15) is 0 Å². The summed E-state index contributed by atoms with van der Waals surface area (Å²) in [5.74, 6) is -0.344. The second-order valence-electron chi connectivity index (χ2n) is 5.10. The number of hydrogen-bond donors (Lipinski definition) is 2. The lowest BCUT2D eigenvalue weighted by atomic mass is 10.0. The van der Waals surface area contributed by atoms with Crippen molar-refractivity contribution >= 4 is 11.9 Å². The van der Waals surface area contributed by atoms with E-state index in [1.165, 1.54) is 14.2 Å². The standard InChI is InChI=1S/C18H19NO5/c1-23-15-9-8-13(10-16(15)24-2)14(11-17(20)21)19-18(22)12-6-4-3-5-7-12/h3-10,14H,11H2,1-2H3,(H,19,22)(H,20,21)/t14-/m1/s1. The van der Waals surface area contributed by atoms with Crippen LogP contribution in [0.5, 0.6) is 11.5 Å². The van der Waals surface area contributed by atoms with Gasteiger partial charge in [-0.15, -0.1) is 0 Å². The zero-order chi connectivity index (χ0) is 17.5. The zero-order valence-electron chi connectivity index (χ0n) is 13.5. The Morgan fingerprint density at radius 1 is 1.04 bits per heavy atom. The minimum Gasteiger partial charge on any atom is -0.493 e. The third-order valence-corrected chi connectivity index (χ3v) is 3.53. The molecule has 2 aromatic rings. The highest BCUT2D eigenvalue weighted by molar-refractivity contribution is 5.94. The van der Waals surface area contributed by atoms with Crippen molar-refractivity contribution in [2.75, 3.05) is 14.2 Å². The Morgan fingerprint density at radius 3 is 2.29 bits per heavy atom. The van der Waals surface area contributed by atoms with Gasteiger partial charge in [-0.3, -0.25) is 9.59 Å². The molecule has 6 nitrogen and oxygen atoms in total. The zero-order valence-corrected chi connectivity index (χ0v) is 13.5. The van der Waals surface area contributed by atoms with E-state index in [0.717, 1.165) is 0 Å². The summed E-state index contributed by atoms with van der Waals surface area (Å²) in [5.41, 5.74) is 1.09. The van der Waals surface area contributed by atoms with Gasteiger partial charge >= 0.3 is 5.97 Å². The Balaban J connectivity index is 2.28. The fourth-order valence-corrected chi connectivity index (χ4v) is 2.33. The normalized spacial score (nSPS) is 11.4. The van der Waals surface area contributed by atoms with Gasteiger partial charge in [-0.1, -0.05) is 24.3 Å². The van der Waals surface area contributed by atoms with Crippen LogP contribution >= 0.6 is 0 Å². The largest absolute Gasteiger partial charge is 0.493 e. The molecule has 0 aliphatic rings. The van der Waals surface area contributed by atoms with Gasteiger partial charge in [0.05, 0.1) is 26.7 Å². The van der Waals surface area contributed by atoms with E-state index in [1.807, 2.05) is 0 Å². The maximum atomic E-state index is 12.3. The first-order valence-electron chi connectivity index (χ1n) is 7.34. The predicted molar refractivity (Wildman–Crippen MR) is 88.4 cm³/mol. The average molecular weight is 329 g/mol. The number of carboxylic acid groups (broad SMARTS) is 1. The van der Waals surface area contributed by atoms with E-state index in [4.69, 9.17) is 14.6 Å². The van der Waals surface area contributed by atoms with Gasteiger partial charge in [0.25, 0.3) is 5.91 Å². The van der Waals surface area contributed by atoms with Crippen molar-refractivity contribution in [1.82, 2.24) is 5.32 Å². The highest BCUT2D eigenvalue weighted by Gasteiger charge is 2.20. The minimum absolute atomic E-state index is 0.242. The first kappa shape index (κ1) is 17.3. The molecule has 2 aromatic carbocycles. The summed E-state index contributed by atoms with van der Waals surface area (Å²) in [7, 11) is 3.01. The molecule has 0 aromatic heterocycles. The molecule has 2 rings (SSSR count). The SMILES string of the molecule is COc1ccc([C@@H](CC(=O)O)NC(=O)c2ccccc2)cc1OC. The quantitative estimate of drug-likeness (QED) is 0.816. The second kappa shape index (κ2) is 8.01. The van der Waals surface area contributed by atoms with E-state index < -0.39 is 12.0 Å². The first-order valence-corrected chi connectivity index (χ1v) is 7.34. The minimum atomic E-state index is -1.01. The molecule has 24 heavy (non-hydrogen) atoms. The summed E-state index contributed by atoms with van der Waals surface area (Å²) in [6.45, 7) is 0. The van der Waals surface area contributed by atoms with Crippen LogP contribution in [0.1, 0.15) is 28.4 Å². The maximum absolute atomic E-state index is 12.3. The topological polar surface area (TPSA) is 84.9 Å². The molecule has 2 N–H and O–H groups in total. The summed E-state index contributed by atoms with van der Waals surface area (Å²) in [5, 5.41) is 11.9. The molecule has 1 amide bonds. The molecule has 0 saturated carbocycles. The molecule has 0 bridgehead atoms. The molecule has 0 aliphatic carbocycles. The van der Waals surface area contributed by atoms with Gasteiger partial charge in [0.2, 0.25) is 0 Å². The van der Waals surface area contributed by atoms with Crippen LogP contribution in [0.3, 0.4) is 0 Å². The number of rotatable bonds is 7. The molecule has 0 aliphatic heterocycles. The predicted octanol–water partition coefficient (Wildman–Crippen LogP) is 2.65. The number of aliphatic carboxylic acids is 1. The van der Waals surface area contributed by atoms with Gasteiger partial charge in [-0.05, 0) is 29.8 Å². The number of amides is 1. The Bertz CT molecular complexity index is 715. The Hall–Kier alpha value is -3.02. The van der Waals surface area contributed by atoms with Crippen LogP contribution in [0.4, 0.5) is 0 Å². The number of carbonyl (C=O) groups is 2. The molecule has 0 spiro atoms. The van der Waals surface area contributed by atoms with Crippen molar-refractivity contribution in [3.63, 3.8) is 0 Å². The summed E-state index contributed by atoms with van der Waals surface area (Å²) in [6, 6.07) is 13.0. The number of hydrogen-bond acceptors (Lipinski definition) is 4. The van der Waals surface area contributed by atoms with Crippen molar-refractivity contribution in [2.45, 2.75) is 12.5 Å². The molecule has 0 heterocycles. The van der Waals surface area contributed by atoms with Crippen LogP contribution < -0.4 is 14.8 Å². The van der Waals surface area contributed by atoms with Crippen molar-refractivity contribution in [1.29, 1.82) is 0 Å². The van der Waals surface area contributed by atoms with Crippen molar-refractivity contribution < 1.29 is 24.2 Å². The van der Waals surface area contributed by atoms with Gasteiger partial charge in [0, 0.05) is 5.56 Å². The van der Waals surface area contributed by atoms with E-state index >= 15 is 0 Å². The van der Waals surface area contributed by atoms with E-state index in [-0.39, 0.29) is 12.3 Å². The number of carboxylic acids is 1. The van der Waals surface area contributed by atoms with E-state index in [9.17, 15) is 9.59 Å². The highest BCUT2D eigenvalue weighted by Crippen LogP contribution is 2.31. The van der Waals surface area contributed by atoms with Crippen LogP contribution in [0.2, 0.25) is 0 Å². The van der Waals surface area contributed by atoms with E-state index in [2.05, 4.69) is 5.32 Å². The summed E-state index contributed by atoms with van der Waals surface area (Å²) in [4.78, 5) is 23.5. The van der Waals surface area contributed by atoms with Crippen molar-refractivity contribution in [2.24, 2.45) is 0 Å². The Kier molecular flexibility index (Phi) is 5.78. The van der Waals surface area contributed by atoms with E-state index in [0.29, 0.717) is 22.6 Å². The Labute approximate surface area is 140 Å². The van der Waals surface area contributed by atoms with Crippen LogP contribution in [0.15, 0.2) is 48.5 Å². The van der Waals surface area contributed by atoms with Gasteiger partial charge in [0.1, 0.15) is 0 Å². The van der Waals surface area contributed by atoms with Gasteiger partial charge in [0.15, 0.2) is 11.5 Å². The summed E-state index contributed by atoms with van der Waals surface area (Å²) >= 11 is 0. The molecule has 0 unspecified atom stereocenters. The van der Waals surface area contributed by atoms with Crippen LogP contribution in [-0.4, -0.2) is 31.2 Å². The number of methoxy groups -OCH3 is 2. The van der Waals surface area contributed by atoms with Crippen LogP contribution in [0.25, 0.3) is 0 Å². The number of benzene rings is 2.